The second-order valence-corrected chi connectivity index (χ2v) is 6.02. The number of hydrogen-bond donors (Lipinski definition) is 0. The Labute approximate surface area is 149 Å². The molecule has 0 aliphatic heterocycles. The molecule has 0 fully saturated rings. The van der Waals surface area contributed by atoms with Gasteiger partial charge in [0.1, 0.15) is 11.3 Å². The lowest BCUT2D eigenvalue weighted by molar-refractivity contribution is 0.0753. The van der Waals surface area contributed by atoms with Crippen LogP contribution in [-0.4, -0.2) is 25.0 Å². The third-order valence-corrected chi connectivity index (χ3v) is 4.08. The minimum absolute atomic E-state index is 0.00723. The average Bonchev–Trinajstić information content (AvgIpc) is 2.61. The average molecular weight is 358 g/mol. The topological polar surface area (TPSA) is 59.8 Å². The highest BCUT2D eigenvalue weighted by Crippen LogP contribution is 2.24. The second kappa shape index (κ2) is 6.99. The van der Waals surface area contributed by atoms with E-state index in [-0.39, 0.29) is 17.7 Å². The number of fused-ring (bicyclic) bond motifs is 1. The SMILES string of the molecule is COc1ccc(Cl)cc1CN(C)C(=O)c1cc(=O)c2ccccc2o1. The van der Waals surface area contributed by atoms with Crippen LogP contribution in [0, 0.1) is 0 Å². The van der Waals surface area contributed by atoms with Crippen LogP contribution in [-0.2, 0) is 6.54 Å². The number of para-hydroxylation sites is 1. The number of hydrogen-bond acceptors (Lipinski definition) is 4. The normalized spacial score (nSPS) is 10.7. The van der Waals surface area contributed by atoms with Gasteiger partial charge in [-0.2, -0.15) is 0 Å². The van der Waals surface area contributed by atoms with Crippen molar-refractivity contribution in [3.8, 4) is 5.75 Å². The highest BCUT2D eigenvalue weighted by atomic mass is 35.5. The number of methoxy groups -OCH3 is 1. The van der Waals surface area contributed by atoms with Crippen LogP contribution in [0.25, 0.3) is 11.0 Å². The molecule has 1 heterocycles. The summed E-state index contributed by atoms with van der Waals surface area (Å²) in [5, 5.41) is 0.993. The molecule has 0 saturated heterocycles. The van der Waals surface area contributed by atoms with Gasteiger partial charge in [-0.1, -0.05) is 23.7 Å². The lowest BCUT2D eigenvalue weighted by atomic mass is 10.1. The fraction of sp³-hybridized carbons (Fsp3) is 0.158. The van der Waals surface area contributed by atoms with Crippen molar-refractivity contribution in [2.45, 2.75) is 6.54 Å². The number of amides is 1. The summed E-state index contributed by atoms with van der Waals surface area (Å²) in [4.78, 5) is 26.3. The third-order valence-electron chi connectivity index (χ3n) is 3.84. The molecular weight excluding hydrogens is 342 g/mol. The molecule has 25 heavy (non-hydrogen) atoms. The Balaban J connectivity index is 1.91. The van der Waals surface area contributed by atoms with Crippen LogP contribution >= 0.6 is 11.6 Å². The number of ether oxygens (including phenoxy) is 1. The third kappa shape index (κ3) is 3.51. The van der Waals surface area contributed by atoms with Gasteiger partial charge in [-0.3, -0.25) is 9.59 Å². The van der Waals surface area contributed by atoms with Crippen LogP contribution in [0.5, 0.6) is 5.75 Å². The first kappa shape index (κ1) is 17.0. The summed E-state index contributed by atoms with van der Waals surface area (Å²) in [5.41, 5.74) is 0.889. The van der Waals surface area contributed by atoms with Crippen molar-refractivity contribution in [1.29, 1.82) is 0 Å². The van der Waals surface area contributed by atoms with E-state index in [1.54, 1.807) is 56.6 Å². The molecule has 1 amide bonds. The molecule has 0 aliphatic carbocycles. The Hall–Kier alpha value is -2.79. The summed E-state index contributed by atoms with van der Waals surface area (Å²) in [6, 6.07) is 13.2. The molecule has 0 saturated carbocycles. The van der Waals surface area contributed by atoms with Crippen LogP contribution in [0.3, 0.4) is 0 Å². The zero-order valence-corrected chi connectivity index (χ0v) is 14.5. The van der Waals surface area contributed by atoms with Gasteiger partial charge in [-0.05, 0) is 30.3 Å². The molecule has 5 nitrogen and oxygen atoms in total. The highest BCUT2D eigenvalue weighted by molar-refractivity contribution is 6.30. The molecule has 1 aromatic heterocycles. The van der Waals surface area contributed by atoms with Gasteiger partial charge in [0.25, 0.3) is 5.91 Å². The maximum Gasteiger partial charge on any atom is 0.289 e. The van der Waals surface area contributed by atoms with Gasteiger partial charge in [0.2, 0.25) is 0 Å². The molecule has 0 spiro atoms. The van der Waals surface area contributed by atoms with Gasteiger partial charge < -0.3 is 14.1 Å². The zero-order valence-electron chi connectivity index (χ0n) is 13.8. The van der Waals surface area contributed by atoms with Gasteiger partial charge in [0, 0.05) is 30.2 Å². The summed E-state index contributed by atoms with van der Waals surface area (Å²) < 4.78 is 10.9. The molecule has 128 valence electrons. The molecule has 2 aromatic carbocycles. The van der Waals surface area contributed by atoms with Crippen molar-refractivity contribution < 1.29 is 13.9 Å². The number of carbonyl (C=O) groups excluding carboxylic acids is 1. The van der Waals surface area contributed by atoms with Gasteiger partial charge in [0.15, 0.2) is 11.2 Å². The van der Waals surface area contributed by atoms with Crippen molar-refractivity contribution in [1.82, 2.24) is 4.90 Å². The maximum atomic E-state index is 12.6. The maximum absolute atomic E-state index is 12.6. The highest BCUT2D eigenvalue weighted by Gasteiger charge is 2.18. The molecule has 3 rings (SSSR count). The molecule has 3 aromatic rings. The van der Waals surface area contributed by atoms with Crippen LogP contribution in [0.4, 0.5) is 0 Å². The zero-order chi connectivity index (χ0) is 18.0. The first-order valence-electron chi connectivity index (χ1n) is 7.60. The Morgan fingerprint density at radius 3 is 2.72 bits per heavy atom. The first-order valence-corrected chi connectivity index (χ1v) is 7.98. The minimum atomic E-state index is -0.398. The number of benzene rings is 2. The lowest BCUT2D eigenvalue weighted by Crippen LogP contribution is -2.27. The van der Waals surface area contributed by atoms with Crippen LogP contribution < -0.4 is 10.2 Å². The monoisotopic (exact) mass is 357 g/mol. The van der Waals surface area contributed by atoms with Crippen molar-refractivity contribution in [2.75, 3.05) is 14.2 Å². The molecule has 0 radical (unpaired) electrons. The Kier molecular flexibility index (Phi) is 4.76. The van der Waals surface area contributed by atoms with E-state index in [0.717, 1.165) is 5.56 Å². The predicted octanol–water partition coefficient (Wildman–Crippen LogP) is 3.73. The summed E-state index contributed by atoms with van der Waals surface area (Å²) in [6.07, 6.45) is 0. The van der Waals surface area contributed by atoms with E-state index >= 15 is 0 Å². The first-order chi connectivity index (χ1) is 12.0. The number of carbonyl (C=O) groups is 1. The smallest absolute Gasteiger partial charge is 0.289 e. The quantitative estimate of drug-likeness (QED) is 0.714. The van der Waals surface area contributed by atoms with E-state index in [1.807, 2.05) is 0 Å². The fourth-order valence-corrected chi connectivity index (χ4v) is 2.79. The molecule has 6 heteroatoms. The summed E-state index contributed by atoms with van der Waals surface area (Å²) in [6.45, 7) is 0.263. The Morgan fingerprint density at radius 1 is 1.20 bits per heavy atom. The summed E-state index contributed by atoms with van der Waals surface area (Å²) in [7, 11) is 3.18. The Morgan fingerprint density at radius 2 is 1.96 bits per heavy atom. The summed E-state index contributed by atoms with van der Waals surface area (Å²) >= 11 is 6.02. The van der Waals surface area contributed by atoms with E-state index in [0.29, 0.717) is 21.7 Å². The van der Waals surface area contributed by atoms with Gasteiger partial charge in [-0.15, -0.1) is 0 Å². The van der Waals surface area contributed by atoms with Crippen LogP contribution in [0.1, 0.15) is 16.1 Å². The molecular formula is C19H16ClNO4. The number of halogens is 1. The van der Waals surface area contributed by atoms with Crippen LogP contribution in [0.2, 0.25) is 5.02 Å². The molecule has 0 bridgehead atoms. The van der Waals surface area contributed by atoms with Gasteiger partial charge in [-0.25, -0.2) is 0 Å². The molecule has 0 N–H and O–H groups in total. The van der Waals surface area contributed by atoms with Crippen molar-refractivity contribution in [3.63, 3.8) is 0 Å². The molecule has 0 unspecified atom stereocenters. The van der Waals surface area contributed by atoms with Crippen molar-refractivity contribution >= 4 is 28.5 Å². The fourth-order valence-electron chi connectivity index (χ4n) is 2.60. The van der Waals surface area contributed by atoms with E-state index in [4.69, 9.17) is 20.8 Å². The predicted molar refractivity (Wildman–Crippen MR) is 96.3 cm³/mol. The van der Waals surface area contributed by atoms with Gasteiger partial charge in [0.05, 0.1) is 12.5 Å². The number of rotatable bonds is 4. The van der Waals surface area contributed by atoms with Crippen molar-refractivity contribution in [3.05, 3.63) is 75.1 Å². The van der Waals surface area contributed by atoms with Crippen molar-refractivity contribution in [2.24, 2.45) is 0 Å². The minimum Gasteiger partial charge on any atom is -0.496 e. The Bertz CT molecular complexity index is 996. The van der Waals surface area contributed by atoms with E-state index < -0.39 is 5.91 Å². The number of nitrogens with zero attached hydrogens (tertiary/aromatic N) is 1. The van der Waals surface area contributed by atoms with Gasteiger partial charge >= 0.3 is 0 Å². The summed E-state index contributed by atoms with van der Waals surface area (Å²) in [5.74, 6) is 0.223. The largest absolute Gasteiger partial charge is 0.496 e. The van der Waals surface area contributed by atoms with E-state index in [9.17, 15) is 9.59 Å². The lowest BCUT2D eigenvalue weighted by Gasteiger charge is -2.18. The van der Waals surface area contributed by atoms with E-state index in [2.05, 4.69) is 0 Å². The van der Waals surface area contributed by atoms with E-state index in [1.165, 1.54) is 11.0 Å². The second-order valence-electron chi connectivity index (χ2n) is 5.59. The molecule has 0 aliphatic rings. The standard InChI is InChI=1S/C19H16ClNO4/c1-21(11-12-9-13(20)7-8-16(12)24-2)19(23)18-10-15(22)14-5-3-4-6-17(14)25-18/h3-10H,11H2,1-2H3. The molecule has 0 atom stereocenters. The van der Waals surface area contributed by atoms with Crippen LogP contribution in [0.15, 0.2) is 57.7 Å².